The van der Waals surface area contributed by atoms with Crippen molar-refractivity contribution in [3.8, 4) is 28.4 Å². The molecule has 0 aliphatic rings. The quantitative estimate of drug-likeness (QED) is 0.652. The summed E-state index contributed by atoms with van der Waals surface area (Å²) in [6, 6.07) is 22.3. The predicted octanol–water partition coefficient (Wildman–Crippen LogP) is 4.99. The van der Waals surface area contributed by atoms with Crippen LogP contribution in [0.1, 0.15) is 5.56 Å². The minimum Gasteiger partial charge on any atom is -0.497 e. The summed E-state index contributed by atoms with van der Waals surface area (Å²) in [5.41, 5.74) is 4.31. The summed E-state index contributed by atoms with van der Waals surface area (Å²) in [6.07, 6.45) is 0. The average Bonchev–Trinajstić information content (AvgIpc) is 2.72. The van der Waals surface area contributed by atoms with Gasteiger partial charge in [0.2, 0.25) is 0 Å². The maximum atomic E-state index is 5.50. The Kier molecular flexibility index (Phi) is 5.64. The molecule has 0 heterocycles. The summed E-state index contributed by atoms with van der Waals surface area (Å²) in [4.78, 5) is 0. The lowest BCUT2D eigenvalue weighted by molar-refractivity contribution is 0.393. The molecule has 0 aliphatic carbocycles. The summed E-state index contributed by atoms with van der Waals surface area (Å²) in [5, 5.41) is 3.46. The molecule has 26 heavy (non-hydrogen) atoms. The highest BCUT2D eigenvalue weighted by Crippen LogP contribution is 2.31. The van der Waals surface area contributed by atoms with Gasteiger partial charge in [0.15, 0.2) is 0 Å². The molecule has 0 aromatic heterocycles. The highest BCUT2D eigenvalue weighted by Gasteiger charge is 2.07. The Labute approximate surface area is 154 Å². The molecular weight excluding hydrogens is 326 g/mol. The second-order valence-electron chi connectivity index (χ2n) is 5.86. The van der Waals surface area contributed by atoms with Gasteiger partial charge in [0.25, 0.3) is 0 Å². The molecule has 0 atom stereocenters. The zero-order chi connectivity index (χ0) is 18.4. The van der Waals surface area contributed by atoms with E-state index in [-0.39, 0.29) is 0 Å². The molecule has 3 aromatic rings. The highest BCUT2D eigenvalue weighted by molar-refractivity contribution is 5.72. The minimum atomic E-state index is 0.627. The number of hydrogen-bond donors (Lipinski definition) is 1. The fourth-order valence-electron chi connectivity index (χ4n) is 2.82. The number of nitrogens with one attached hydrogen (secondary N) is 1. The van der Waals surface area contributed by atoms with Crippen molar-refractivity contribution in [3.05, 3.63) is 72.3 Å². The van der Waals surface area contributed by atoms with Gasteiger partial charge in [-0.05, 0) is 41.0 Å². The summed E-state index contributed by atoms with van der Waals surface area (Å²) in [5.74, 6) is 2.34. The molecule has 1 N–H and O–H groups in total. The van der Waals surface area contributed by atoms with Crippen LogP contribution in [0, 0.1) is 0 Å². The summed E-state index contributed by atoms with van der Waals surface area (Å²) in [6.45, 7) is 0.627. The first kappa shape index (κ1) is 17.7. The topological polar surface area (TPSA) is 39.7 Å². The molecular formula is C22H23NO3. The summed E-state index contributed by atoms with van der Waals surface area (Å²) >= 11 is 0. The molecule has 0 aliphatic heterocycles. The Morgan fingerprint density at radius 2 is 1.38 bits per heavy atom. The van der Waals surface area contributed by atoms with Gasteiger partial charge >= 0.3 is 0 Å². The first-order chi connectivity index (χ1) is 12.7. The number of anilines is 1. The normalized spacial score (nSPS) is 10.3. The van der Waals surface area contributed by atoms with E-state index in [0.29, 0.717) is 6.54 Å². The van der Waals surface area contributed by atoms with E-state index in [0.717, 1.165) is 34.1 Å². The molecule has 0 fully saturated rings. The third kappa shape index (κ3) is 4.09. The molecule has 0 bridgehead atoms. The van der Waals surface area contributed by atoms with Crippen LogP contribution in [0.3, 0.4) is 0 Å². The molecule has 4 nitrogen and oxygen atoms in total. The Morgan fingerprint density at radius 3 is 2.00 bits per heavy atom. The second kappa shape index (κ2) is 8.30. The standard InChI is InChI=1S/C22H23NO3/c1-24-19-11-16(12-20(14-19)25-2)15-23-21-13-18(9-10-22(21)26-3)17-7-5-4-6-8-17/h4-14,23H,15H2,1-3H3. The van der Waals surface area contributed by atoms with Crippen molar-refractivity contribution in [1.82, 2.24) is 0 Å². The molecule has 0 saturated heterocycles. The van der Waals surface area contributed by atoms with Gasteiger partial charge in [0.1, 0.15) is 17.2 Å². The van der Waals surface area contributed by atoms with Crippen molar-refractivity contribution in [2.45, 2.75) is 6.54 Å². The van der Waals surface area contributed by atoms with Crippen molar-refractivity contribution in [2.75, 3.05) is 26.6 Å². The molecule has 134 valence electrons. The Balaban J connectivity index is 1.85. The number of methoxy groups -OCH3 is 3. The Hall–Kier alpha value is -3.14. The molecule has 0 amide bonds. The van der Waals surface area contributed by atoms with Crippen LogP contribution in [-0.4, -0.2) is 21.3 Å². The van der Waals surface area contributed by atoms with Gasteiger partial charge in [-0.1, -0.05) is 36.4 Å². The van der Waals surface area contributed by atoms with E-state index >= 15 is 0 Å². The fourth-order valence-corrected chi connectivity index (χ4v) is 2.82. The van der Waals surface area contributed by atoms with Gasteiger partial charge in [-0.3, -0.25) is 0 Å². The maximum Gasteiger partial charge on any atom is 0.141 e. The Morgan fingerprint density at radius 1 is 0.692 bits per heavy atom. The monoisotopic (exact) mass is 349 g/mol. The lowest BCUT2D eigenvalue weighted by atomic mass is 10.0. The van der Waals surface area contributed by atoms with E-state index in [2.05, 4.69) is 29.6 Å². The van der Waals surface area contributed by atoms with E-state index in [1.54, 1.807) is 21.3 Å². The van der Waals surface area contributed by atoms with Gasteiger partial charge in [0.05, 0.1) is 27.0 Å². The van der Waals surface area contributed by atoms with E-state index < -0.39 is 0 Å². The van der Waals surface area contributed by atoms with E-state index in [9.17, 15) is 0 Å². The largest absolute Gasteiger partial charge is 0.497 e. The van der Waals surface area contributed by atoms with Crippen LogP contribution in [0.4, 0.5) is 5.69 Å². The first-order valence-electron chi connectivity index (χ1n) is 8.42. The van der Waals surface area contributed by atoms with E-state index in [4.69, 9.17) is 14.2 Å². The van der Waals surface area contributed by atoms with Crippen LogP contribution in [0.5, 0.6) is 17.2 Å². The zero-order valence-electron chi connectivity index (χ0n) is 15.3. The van der Waals surface area contributed by atoms with Crippen LogP contribution < -0.4 is 19.5 Å². The van der Waals surface area contributed by atoms with Gasteiger partial charge < -0.3 is 19.5 Å². The summed E-state index contributed by atoms with van der Waals surface area (Å²) in [7, 11) is 4.98. The van der Waals surface area contributed by atoms with Crippen LogP contribution >= 0.6 is 0 Å². The van der Waals surface area contributed by atoms with Gasteiger partial charge in [-0.15, -0.1) is 0 Å². The van der Waals surface area contributed by atoms with Crippen molar-refractivity contribution < 1.29 is 14.2 Å². The van der Waals surface area contributed by atoms with Crippen molar-refractivity contribution in [3.63, 3.8) is 0 Å². The van der Waals surface area contributed by atoms with Gasteiger partial charge in [-0.25, -0.2) is 0 Å². The number of rotatable bonds is 7. The van der Waals surface area contributed by atoms with Crippen molar-refractivity contribution in [1.29, 1.82) is 0 Å². The molecule has 0 unspecified atom stereocenters. The smallest absolute Gasteiger partial charge is 0.141 e. The second-order valence-corrected chi connectivity index (χ2v) is 5.86. The Bertz CT molecular complexity index is 840. The molecule has 0 saturated carbocycles. The van der Waals surface area contributed by atoms with Crippen LogP contribution in [0.2, 0.25) is 0 Å². The number of hydrogen-bond acceptors (Lipinski definition) is 4. The summed E-state index contributed by atoms with van der Waals surface area (Å²) < 4.78 is 16.2. The molecule has 0 radical (unpaired) electrons. The molecule has 3 aromatic carbocycles. The first-order valence-corrected chi connectivity index (χ1v) is 8.42. The minimum absolute atomic E-state index is 0.627. The lowest BCUT2D eigenvalue weighted by Gasteiger charge is -2.14. The van der Waals surface area contributed by atoms with Crippen molar-refractivity contribution >= 4 is 5.69 Å². The zero-order valence-corrected chi connectivity index (χ0v) is 15.3. The van der Waals surface area contributed by atoms with E-state index in [1.807, 2.05) is 42.5 Å². The van der Waals surface area contributed by atoms with Crippen LogP contribution in [0.25, 0.3) is 11.1 Å². The van der Waals surface area contributed by atoms with Gasteiger partial charge in [0, 0.05) is 12.6 Å². The van der Waals surface area contributed by atoms with Crippen molar-refractivity contribution in [2.24, 2.45) is 0 Å². The highest BCUT2D eigenvalue weighted by atomic mass is 16.5. The van der Waals surface area contributed by atoms with Crippen LogP contribution in [-0.2, 0) is 6.54 Å². The maximum absolute atomic E-state index is 5.50. The number of ether oxygens (including phenoxy) is 3. The SMILES string of the molecule is COc1cc(CNc2cc(-c3ccccc3)ccc2OC)cc(OC)c1. The third-order valence-corrected chi connectivity index (χ3v) is 4.20. The van der Waals surface area contributed by atoms with Gasteiger partial charge in [-0.2, -0.15) is 0 Å². The average molecular weight is 349 g/mol. The van der Waals surface area contributed by atoms with E-state index in [1.165, 1.54) is 5.56 Å². The predicted molar refractivity (Wildman–Crippen MR) is 105 cm³/mol. The number of benzene rings is 3. The molecule has 3 rings (SSSR count). The molecule has 4 heteroatoms. The lowest BCUT2D eigenvalue weighted by Crippen LogP contribution is -2.02. The third-order valence-electron chi connectivity index (χ3n) is 4.20. The molecule has 0 spiro atoms. The fraction of sp³-hybridized carbons (Fsp3) is 0.182. The van der Waals surface area contributed by atoms with Crippen LogP contribution in [0.15, 0.2) is 66.7 Å².